The van der Waals surface area contributed by atoms with Gasteiger partial charge in [0.25, 0.3) is 0 Å². The normalized spacial score (nSPS) is 12.0. The van der Waals surface area contributed by atoms with Gasteiger partial charge in [0.2, 0.25) is 5.91 Å². The van der Waals surface area contributed by atoms with Crippen LogP contribution in [0.25, 0.3) is 0 Å². The molecule has 8 heteroatoms. The summed E-state index contributed by atoms with van der Waals surface area (Å²) >= 11 is 7.38. The summed E-state index contributed by atoms with van der Waals surface area (Å²) < 4.78 is 7.24. The Morgan fingerprint density at radius 3 is 2.96 bits per heavy atom. The zero-order valence-corrected chi connectivity index (χ0v) is 16.2. The minimum absolute atomic E-state index is 0.145. The van der Waals surface area contributed by atoms with Crippen molar-refractivity contribution in [3.8, 4) is 5.75 Å². The van der Waals surface area contributed by atoms with E-state index in [1.807, 2.05) is 11.5 Å². The minimum Gasteiger partial charge on any atom is -0.495 e. The van der Waals surface area contributed by atoms with Crippen LogP contribution in [0.3, 0.4) is 0 Å². The molecule has 0 saturated carbocycles. The highest BCUT2D eigenvalue weighted by Crippen LogP contribution is 2.29. The number of carbonyl (C=O) groups excluding carboxylic acids is 1. The number of anilines is 1. The van der Waals surface area contributed by atoms with Crippen molar-refractivity contribution in [1.29, 1.82) is 0 Å². The second kappa shape index (κ2) is 9.68. The summed E-state index contributed by atoms with van der Waals surface area (Å²) in [4.78, 5) is 12.5. The molecule has 25 heavy (non-hydrogen) atoms. The lowest BCUT2D eigenvalue weighted by molar-refractivity contribution is -0.115. The Morgan fingerprint density at radius 1 is 1.44 bits per heavy atom. The number of aromatic nitrogens is 3. The van der Waals surface area contributed by atoms with E-state index in [9.17, 15) is 4.79 Å². The van der Waals surface area contributed by atoms with Crippen LogP contribution in [0, 0.1) is 0 Å². The van der Waals surface area contributed by atoms with Gasteiger partial charge in [0.05, 0.1) is 18.0 Å². The summed E-state index contributed by atoms with van der Waals surface area (Å²) in [7, 11) is 1.55. The Labute approximate surface area is 157 Å². The van der Waals surface area contributed by atoms with Gasteiger partial charge in [0.1, 0.15) is 12.1 Å². The molecule has 0 radical (unpaired) electrons. The van der Waals surface area contributed by atoms with Crippen molar-refractivity contribution < 1.29 is 9.53 Å². The van der Waals surface area contributed by atoms with Gasteiger partial charge >= 0.3 is 0 Å². The SMILES string of the molecule is CCCCCn1cnnc1S[C@@H](C)C(=O)Nc1cc(Cl)ccc1OC. The summed E-state index contributed by atoms with van der Waals surface area (Å²) in [6.45, 7) is 4.86. The van der Waals surface area contributed by atoms with Crippen LogP contribution in [0.2, 0.25) is 5.02 Å². The first-order chi connectivity index (χ1) is 12.0. The Bertz CT molecular complexity index is 708. The van der Waals surface area contributed by atoms with E-state index in [1.54, 1.807) is 31.6 Å². The summed E-state index contributed by atoms with van der Waals surface area (Å²) in [6.07, 6.45) is 5.10. The Balaban J connectivity index is 1.99. The number of ether oxygens (including phenoxy) is 1. The highest BCUT2D eigenvalue weighted by Gasteiger charge is 2.19. The number of thioether (sulfide) groups is 1. The molecule has 0 saturated heterocycles. The van der Waals surface area contributed by atoms with Gasteiger partial charge in [0.15, 0.2) is 5.16 Å². The van der Waals surface area contributed by atoms with Crippen LogP contribution in [0.1, 0.15) is 33.1 Å². The van der Waals surface area contributed by atoms with E-state index in [0.29, 0.717) is 16.5 Å². The lowest BCUT2D eigenvalue weighted by atomic mass is 10.2. The molecule has 0 bridgehead atoms. The standard InChI is InChI=1S/C17H23ClN4O2S/c1-4-5-6-9-22-11-19-21-17(22)25-12(2)16(23)20-14-10-13(18)7-8-15(14)24-3/h7-8,10-12H,4-6,9H2,1-3H3,(H,20,23)/t12-/m0/s1. The molecule has 2 rings (SSSR count). The number of carbonyl (C=O) groups is 1. The van der Waals surface area contributed by atoms with Crippen LogP contribution in [0.4, 0.5) is 5.69 Å². The molecule has 0 fully saturated rings. The zero-order valence-electron chi connectivity index (χ0n) is 14.7. The van der Waals surface area contributed by atoms with Crippen molar-refractivity contribution in [2.45, 2.75) is 50.1 Å². The molecule has 1 aromatic heterocycles. The maximum absolute atomic E-state index is 12.5. The van der Waals surface area contributed by atoms with Crippen molar-refractivity contribution in [3.05, 3.63) is 29.5 Å². The molecular weight excluding hydrogens is 360 g/mol. The fourth-order valence-electron chi connectivity index (χ4n) is 2.25. The number of nitrogens with one attached hydrogen (secondary N) is 1. The summed E-state index contributed by atoms with van der Waals surface area (Å²) in [5, 5.41) is 11.9. The summed E-state index contributed by atoms with van der Waals surface area (Å²) in [5.41, 5.74) is 0.553. The second-order valence-electron chi connectivity index (χ2n) is 5.61. The average molecular weight is 383 g/mol. The predicted octanol–water partition coefficient (Wildman–Crippen LogP) is 4.25. The summed E-state index contributed by atoms with van der Waals surface area (Å²) in [6, 6.07) is 5.11. The average Bonchev–Trinajstić information content (AvgIpc) is 3.02. The molecule has 1 atom stereocenters. The van der Waals surface area contributed by atoms with Crippen molar-refractivity contribution in [2.24, 2.45) is 0 Å². The van der Waals surface area contributed by atoms with E-state index in [4.69, 9.17) is 16.3 Å². The predicted molar refractivity (Wildman–Crippen MR) is 101 cm³/mol. The fourth-order valence-corrected chi connectivity index (χ4v) is 3.27. The van der Waals surface area contributed by atoms with Crippen molar-refractivity contribution >= 4 is 35.0 Å². The lowest BCUT2D eigenvalue weighted by Crippen LogP contribution is -2.23. The quantitative estimate of drug-likeness (QED) is 0.518. The van der Waals surface area contributed by atoms with E-state index in [2.05, 4.69) is 22.4 Å². The zero-order chi connectivity index (χ0) is 18.2. The van der Waals surface area contributed by atoms with Crippen LogP contribution in [0.15, 0.2) is 29.7 Å². The number of rotatable bonds is 9. The number of benzene rings is 1. The number of halogens is 1. The van der Waals surface area contributed by atoms with Gasteiger partial charge < -0.3 is 14.6 Å². The third-order valence-corrected chi connectivity index (χ3v) is 4.98. The summed E-state index contributed by atoms with van der Waals surface area (Å²) in [5.74, 6) is 0.423. The number of aryl methyl sites for hydroxylation is 1. The van der Waals surface area contributed by atoms with Crippen LogP contribution in [-0.2, 0) is 11.3 Å². The Morgan fingerprint density at radius 2 is 2.24 bits per heavy atom. The van der Waals surface area contributed by atoms with Gasteiger partial charge in [-0.05, 0) is 31.5 Å². The largest absolute Gasteiger partial charge is 0.495 e. The first-order valence-corrected chi connectivity index (χ1v) is 9.49. The van der Waals surface area contributed by atoms with Crippen LogP contribution >= 0.6 is 23.4 Å². The maximum Gasteiger partial charge on any atom is 0.237 e. The Kier molecular flexibility index (Phi) is 7.58. The van der Waals surface area contributed by atoms with Crippen molar-refractivity contribution in [2.75, 3.05) is 12.4 Å². The molecule has 1 N–H and O–H groups in total. The molecule has 1 amide bonds. The molecule has 0 unspecified atom stereocenters. The van der Waals surface area contributed by atoms with Crippen LogP contribution in [-0.4, -0.2) is 33.0 Å². The third-order valence-electron chi connectivity index (χ3n) is 3.65. The Hall–Kier alpha value is -1.73. The van der Waals surface area contributed by atoms with Gasteiger partial charge in [-0.3, -0.25) is 4.79 Å². The van der Waals surface area contributed by atoms with Crippen molar-refractivity contribution in [3.63, 3.8) is 0 Å². The van der Waals surface area contributed by atoms with Gasteiger partial charge in [0, 0.05) is 11.6 Å². The molecule has 0 aliphatic rings. The number of hydrogen-bond donors (Lipinski definition) is 1. The topological polar surface area (TPSA) is 69.0 Å². The molecule has 0 spiro atoms. The monoisotopic (exact) mass is 382 g/mol. The van der Waals surface area contributed by atoms with E-state index < -0.39 is 0 Å². The van der Waals surface area contributed by atoms with E-state index in [-0.39, 0.29) is 11.2 Å². The van der Waals surface area contributed by atoms with Gasteiger partial charge in [-0.25, -0.2) is 0 Å². The van der Waals surface area contributed by atoms with Crippen LogP contribution in [0.5, 0.6) is 5.75 Å². The minimum atomic E-state index is -0.335. The van der Waals surface area contributed by atoms with Crippen LogP contribution < -0.4 is 10.1 Å². The molecule has 6 nitrogen and oxygen atoms in total. The molecule has 2 aromatic rings. The van der Waals surface area contributed by atoms with Gasteiger partial charge in [-0.1, -0.05) is 43.1 Å². The van der Waals surface area contributed by atoms with E-state index in [0.717, 1.165) is 31.0 Å². The number of methoxy groups -OCH3 is 1. The lowest BCUT2D eigenvalue weighted by Gasteiger charge is -2.14. The number of hydrogen-bond acceptors (Lipinski definition) is 5. The molecule has 1 heterocycles. The highest BCUT2D eigenvalue weighted by atomic mass is 35.5. The van der Waals surface area contributed by atoms with E-state index in [1.165, 1.54) is 11.8 Å². The molecular formula is C17H23ClN4O2S. The van der Waals surface area contributed by atoms with E-state index >= 15 is 0 Å². The highest BCUT2D eigenvalue weighted by molar-refractivity contribution is 8.00. The van der Waals surface area contributed by atoms with Gasteiger partial charge in [-0.15, -0.1) is 10.2 Å². The van der Waals surface area contributed by atoms with Crippen molar-refractivity contribution in [1.82, 2.24) is 14.8 Å². The molecule has 1 aromatic carbocycles. The first-order valence-electron chi connectivity index (χ1n) is 8.24. The maximum atomic E-state index is 12.5. The third kappa shape index (κ3) is 5.64. The number of nitrogens with zero attached hydrogens (tertiary/aromatic N) is 3. The molecule has 0 aliphatic heterocycles. The second-order valence-corrected chi connectivity index (χ2v) is 7.35. The molecule has 0 aliphatic carbocycles. The fraction of sp³-hybridized carbons (Fsp3) is 0.471. The smallest absolute Gasteiger partial charge is 0.237 e. The number of unbranched alkanes of at least 4 members (excludes halogenated alkanes) is 2. The van der Waals surface area contributed by atoms with Gasteiger partial charge in [-0.2, -0.15) is 0 Å². The first kappa shape index (κ1) is 19.6. The molecule has 136 valence electrons. The number of amides is 1.